The molecule has 2 rings (SSSR count). The second kappa shape index (κ2) is 6.83. The van der Waals surface area contributed by atoms with Crippen LogP contribution in [0.5, 0.6) is 5.75 Å². The average Bonchev–Trinajstić information content (AvgIpc) is 2.88. The molecule has 0 saturated heterocycles. The maximum atomic E-state index is 8.85. The van der Waals surface area contributed by atoms with Gasteiger partial charge in [0.15, 0.2) is 5.16 Å². The zero-order valence-corrected chi connectivity index (χ0v) is 13.2. The Hall–Kier alpha value is -1.71. The molecule has 1 atom stereocenters. The van der Waals surface area contributed by atoms with Gasteiger partial charge in [-0.2, -0.15) is 5.26 Å². The van der Waals surface area contributed by atoms with E-state index >= 15 is 0 Å². The molecule has 0 spiro atoms. The lowest BCUT2D eigenvalue weighted by Crippen LogP contribution is -2.33. The number of nitrogens with one attached hydrogen (secondary N) is 1. The topological polar surface area (TPSA) is 87.7 Å². The van der Waals surface area contributed by atoms with Crippen molar-refractivity contribution in [3.8, 4) is 11.8 Å². The highest BCUT2D eigenvalue weighted by Crippen LogP contribution is 2.24. The van der Waals surface area contributed by atoms with E-state index < -0.39 is 5.54 Å². The predicted octanol–water partition coefficient (Wildman–Crippen LogP) is 3.07. The standard InChI is InChI=1S/C15H20N4OS/c1-15(17,10-16)7-3-4-8-21-14-18-12-6-5-11(20-2)9-13(12)19-14/h5-6,9H,3-4,7-8,17H2,1-2H3,(H,18,19). The van der Waals surface area contributed by atoms with Crippen molar-refractivity contribution in [3.05, 3.63) is 18.2 Å². The minimum absolute atomic E-state index is 0.708. The van der Waals surface area contributed by atoms with E-state index in [1.165, 1.54) is 0 Å². The number of fused-ring (bicyclic) bond motifs is 1. The molecule has 1 aromatic carbocycles. The van der Waals surface area contributed by atoms with E-state index in [1.807, 2.05) is 18.2 Å². The predicted molar refractivity (Wildman–Crippen MR) is 85.4 cm³/mol. The van der Waals surface area contributed by atoms with E-state index in [0.29, 0.717) is 0 Å². The lowest BCUT2D eigenvalue weighted by atomic mass is 9.99. The number of methoxy groups -OCH3 is 1. The Morgan fingerprint density at radius 1 is 1.48 bits per heavy atom. The minimum Gasteiger partial charge on any atom is -0.497 e. The molecule has 21 heavy (non-hydrogen) atoms. The molecule has 5 nitrogen and oxygen atoms in total. The fraction of sp³-hybridized carbons (Fsp3) is 0.467. The van der Waals surface area contributed by atoms with Gasteiger partial charge in [0.25, 0.3) is 0 Å². The maximum absolute atomic E-state index is 8.85. The molecule has 0 amide bonds. The SMILES string of the molecule is COc1ccc2nc(SCCCCC(C)(N)C#N)[nH]c2c1. The Bertz CT molecular complexity index is 645. The lowest BCUT2D eigenvalue weighted by Gasteiger charge is -2.13. The van der Waals surface area contributed by atoms with Crippen molar-refractivity contribution in [1.82, 2.24) is 9.97 Å². The first-order valence-electron chi connectivity index (χ1n) is 6.91. The number of benzene rings is 1. The van der Waals surface area contributed by atoms with Crippen LogP contribution in [0, 0.1) is 11.3 Å². The zero-order chi connectivity index (χ0) is 15.3. The molecular formula is C15H20N4OS. The first-order valence-corrected chi connectivity index (χ1v) is 7.89. The minimum atomic E-state index is -0.708. The van der Waals surface area contributed by atoms with Crippen LogP contribution in [0.15, 0.2) is 23.4 Å². The second-order valence-electron chi connectivity index (χ2n) is 5.26. The molecule has 1 aromatic heterocycles. The second-order valence-corrected chi connectivity index (χ2v) is 6.34. The summed E-state index contributed by atoms with van der Waals surface area (Å²) < 4.78 is 5.19. The van der Waals surface area contributed by atoms with Gasteiger partial charge in [0, 0.05) is 11.8 Å². The van der Waals surface area contributed by atoms with Crippen molar-refractivity contribution in [3.63, 3.8) is 0 Å². The Labute approximate surface area is 128 Å². The summed E-state index contributed by atoms with van der Waals surface area (Å²) in [6.45, 7) is 1.77. The molecule has 0 radical (unpaired) electrons. The summed E-state index contributed by atoms with van der Waals surface area (Å²) in [6.07, 6.45) is 2.68. The van der Waals surface area contributed by atoms with Crippen LogP contribution >= 0.6 is 11.8 Å². The van der Waals surface area contributed by atoms with E-state index in [-0.39, 0.29) is 0 Å². The van der Waals surface area contributed by atoms with Crippen LogP contribution in [0.25, 0.3) is 11.0 Å². The summed E-state index contributed by atoms with van der Waals surface area (Å²) in [5, 5.41) is 9.76. The van der Waals surface area contributed by atoms with Gasteiger partial charge in [0.2, 0.25) is 0 Å². The van der Waals surface area contributed by atoms with Gasteiger partial charge >= 0.3 is 0 Å². The summed E-state index contributed by atoms with van der Waals surface area (Å²) in [4.78, 5) is 7.81. The summed E-state index contributed by atoms with van der Waals surface area (Å²) >= 11 is 1.69. The van der Waals surface area contributed by atoms with Crippen molar-refractivity contribution in [2.45, 2.75) is 36.9 Å². The highest BCUT2D eigenvalue weighted by Gasteiger charge is 2.15. The third-order valence-electron chi connectivity index (χ3n) is 3.25. The van der Waals surface area contributed by atoms with Gasteiger partial charge in [-0.1, -0.05) is 11.8 Å². The summed E-state index contributed by atoms with van der Waals surface area (Å²) in [7, 11) is 1.65. The Morgan fingerprint density at radius 2 is 2.29 bits per heavy atom. The number of ether oxygens (including phenoxy) is 1. The molecule has 0 saturated carbocycles. The molecule has 2 aromatic rings. The number of nitrogens with two attached hydrogens (primary N) is 1. The Balaban J connectivity index is 1.83. The number of imidazole rings is 1. The average molecular weight is 304 g/mol. The normalized spacial score (nSPS) is 13.8. The van der Waals surface area contributed by atoms with E-state index in [1.54, 1.807) is 25.8 Å². The number of hydrogen-bond acceptors (Lipinski definition) is 5. The molecule has 0 aliphatic rings. The number of aromatic nitrogens is 2. The van der Waals surface area contributed by atoms with Crippen molar-refractivity contribution >= 4 is 22.8 Å². The number of H-pyrrole nitrogens is 1. The monoisotopic (exact) mass is 304 g/mol. The van der Waals surface area contributed by atoms with Gasteiger partial charge in [0.05, 0.1) is 24.2 Å². The smallest absolute Gasteiger partial charge is 0.166 e. The van der Waals surface area contributed by atoms with Gasteiger partial charge in [0.1, 0.15) is 11.3 Å². The number of nitrogens with zero attached hydrogens (tertiary/aromatic N) is 2. The summed E-state index contributed by atoms with van der Waals surface area (Å²) in [5.74, 6) is 1.78. The summed E-state index contributed by atoms with van der Waals surface area (Å²) in [6, 6.07) is 7.91. The molecule has 1 unspecified atom stereocenters. The van der Waals surface area contributed by atoms with Gasteiger partial charge in [-0.15, -0.1) is 0 Å². The van der Waals surface area contributed by atoms with Crippen molar-refractivity contribution in [2.24, 2.45) is 5.73 Å². The lowest BCUT2D eigenvalue weighted by molar-refractivity contribution is 0.415. The maximum Gasteiger partial charge on any atom is 0.166 e. The highest BCUT2D eigenvalue weighted by atomic mass is 32.2. The van der Waals surface area contributed by atoms with Gasteiger partial charge in [-0.05, 0) is 38.3 Å². The van der Waals surface area contributed by atoms with Gasteiger partial charge in [-0.3, -0.25) is 0 Å². The number of rotatable bonds is 7. The molecule has 3 N–H and O–H groups in total. The highest BCUT2D eigenvalue weighted by molar-refractivity contribution is 7.99. The van der Waals surface area contributed by atoms with Crippen LogP contribution in [0.1, 0.15) is 26.2 Å². The van der Waals surface area contributed by atoms with Gasteiger partial charge < -0.3 is 15.5 Å². The molecule has 6 heteroatoms. The number of thioether (sulfide) groups is 1. The van der Waals surface area contributed by atoms with Crippen LogP contribution in [-0.2, 0) is 0 Å². The van der Waals surface area contributed by atoms with Crippen LogP contribution in [0.2, 0.25) is 0 Å². The molecule has 112 valence electrons. The first-order chi connectivity index (χ1) is 10.0. The van der Waals surface area contributed by atoms with Crippen LogP contribution in [0.4, 0.5) is 0 Å². The van der Waals surface area contributed by atoms with E-state index in [9.17, 15) is 0 Å². The third kappa shape index (κ3) is 4.38. The molecular weight excluding hydrogens is 284 g/mol. The fourth-order valence-electron chi connectivity index (χ4n) is 1.98. The number of hydrogen-bond donors (Lipinski definition) is 2. The van der Waals surface area contributed by atoms with E-state index in [2.05, 4.69) is 16.0 Å². The number of aromatic amines is 1. The van der Waals surface area contributed by atoms with E-state index in [0.717, 1.165) is 47.0 Å². The quantitative estimate of drug-likeness (QED) is 0.606. The largest absolute Gasteiger partial charge is 0.497 e. The van der Waals surface area contributed by atoms with Crippen molar-refractivity contribution in [2.75, 3.05) is 12.9 Å². The Kier molecular flexibility index (Phi) is 5.10. The first kappa shape index (κ1) is 15.7. The number of unbranched alkanes of at least 4 members (excludes halogenated alkanes) is 1. The molecule has 0 aliphatic heterocycles. The third-order valence-corrected chi connectivity index (χ3v) is 4.21. The molecule has 1 heterocycles. The van der Waals surface area contributed by atoms with Crippen LogP contribution in [-0.4, -0.2) is 28.4 Å². The molecule has 0 bridgehead atoms. The number of nitriles is 1. The van der Waals surface area contributed by atoms with Crippen molar-refractivity contribution < 1.29 is 4.74 Å². The van der Waals surface area contributed by atoms with Crippen molar-refractivity contribution in [1.29, 1.82) is 5.26 Å². The Morgan fingerprint density at radius 3 is 3.00 bits per heavy atom. The van der Waals surface area contributed by atoms with E-state index in [4.69, 9.17) is 15.7 Å². The molecule has 0 fully saturated rings. The molecule has 0 aliphatic carbocycles. The fourth-order valence-corrected chi connectivity index (χ4v) is 2.87. The zero-order valence-electron chi connectivity index (χ0n) is 12.3. The van der Waals surface area contributed by atoms with Crippen LogP contribution < -0.4 is 10.5 Å². The van der Waals surface area contributed by atoms with Crippen LogP contribution in [0.3, 0.4) is 0 Å². The van der Waals surface area contributed by atoms with Gasteiger partial charge in [-0.25, -0.2) is 4.98 Å². The summed E-state index contributed by atoms with van der Waals surface area (Å²) in [5.41, 5.74) is 7.01.